The monoisotopic (exact) mass is 920 g/mol. The number of anilines is 1. The van der Waals surface area contributed by atoms with Crippen molar-refractivity contribution in [2.24, 2.45) is 21.3 Å². The number of para-hydroxylation sites is 1. The summed E-state index contributed by atoms with van der Waals surface area (Å²) in [6, 6.07) is 67.6. The lowest BCUT2D eigenvalue weighted by molar-refractivity contribution is 0.496. The standard InChI is InChI=1S/C65H52N4S/c1-64-42-57-53(51-32-18-19-37-56(51)69(57)48-30-16-7-17-31-48)40-58(64)70-60-52(35-21-36-55(60)64)54-39-38-47(59-49(43-22-8-3-9-23-43)33-20-34-50(59)44-24-10-4-11-25-44)41-65(54,2)63-67-61(45-26-12-5-13-27-45)66-62(68-63)46-28-14-6-15-29-46/h3-31,33-41,51,54,61H,32,42H2,1-2H3,(H,66,67,68). The van der Waals surface area contributed by atoms with E-state index in [-0.39, 0.29) is 11.3 Å². The molecule has 338 valence electrons. The Morgan fingerprint density at radius 3 is 1.97 bits per heavy atom. The van der Waals surface area contributed by atoms with E-state index in [1.54, 1.807) is 0 Å². The van der Waals surface area contributed by atoms with Crippen LogP contribution in [0, 0.1) is 11.3 Å². The SMILES string of the molecule is CC12CC3=C(C=C1Sc1c(C4C=CC(c5c(-c6ccccc6)cccc5-c5ccccc5)=CC4(C)C4=NC(c5ccccc5)N=C(c5ccccc5)N4)cccc12)C1CC=CC=C1N3c1ccccc1. The summed E-state index contributed by atoms with van der Waals surface area (Å²) in [4.78, 5) is 16.4. The summed E-state index contributed by atoms with van der Waals surface area (Å²) < 4.78 is 0. The Balaban J connectivity index is 0.988. The first-order chi connectivity index (χ1) is 34.4. The van der Waals surface area contributed by atoms with Crippen LogP contribution in [-0.4, -0.2) is 11.7 Å². The van der Waals surface area contributed by atoms with E-state index in [0.717, 1.165) is 41.2 Å². The molecule has 5 unspecified atom stereocenters. The molecule has 3 aliphatic heterocycles. The fraction of sp³-hybridized carbons (Fsp3) is 0.138. The average Bonchev–Trinajstić information content (AvgIpc) is 3.91. The van der Waals surface area contributed by atoms with Crippen LogP contribution in [0.4, 0.5) is 5.69 Å². The van der Waals surface area contributed by atoms with Gasteiger partial charge in [0.1, 0.15) is 11.7 Å². The van der Waals surface area contributed by atoms with E-state index in [0.29, 0.717) is 5.92 Å². The fourth-order valence-corrected chi connectivity index (χ4v) is 13.4. The van der Waals surface area contributed by atoms with Crippen molar-refractivity contribution in [3.8, 4) is 22.3 Å². The van der Waals surface area contributed by atoms with Crippen molar-refractivity contribution in [2.45, 2.75) is 49.1 Å². The number of nitrogens with one attached hydrogen (secondary N) is 1. The van der Waals surface area contributed by atoms with Crippen LogP contribution >= 0.6 is 11.8 Å². The maximum absolute atomic E-state index is 5.68. The Bertz CT molecular complexity index is 3400. The van der Waals surface area contributed by atoms with E-state index in [2.05, 4.69) is 255 Å². The van der Waals surface area contributed by atoms with E-state index >= 15 is 0 Å². The molecular formula is C65H52N4S. The third-order valence-electron chi connectivity index (χ3n) is 15.4. The molecule has 13 rings (SSSR count). The molecule has 3 aliphatic carbocycles. The maximum Gasteiger partial charge on any atom is 0.169 e. The highest BCUT2D eigenvalue weighted by molar-refractivity contribution is 8.03. The number of nitrogens with zero attached hydrogens (tertiary/aromatic N) is 3. The van der Waals surface area contributed by atoms with Crippen molar-refractivity contribution in [1.29, 1.82) is 0 Å². The summed E-state index contributed by atoms with van der Waals surface area (Å²) in [6.45, 7) is 4.89. The summed E-state index contributed by atoms with van der Waals surface area (Å²) in [5, 5.41) is 3.92. The number of fused-ring (bicyclic) bond motifs is 5. The van der Waals surface area contributed by atoms with Crippen LogP contribution in [0.5, 0.6) is 0 Å². The minimum absolute atomic E-state index is 0.0800. The smallest absolute Gasteiger partial charge is 0.169 e. The van der Waals surface area contributed by atoms with Crippen molar-refractivity contribution in [1.82, 2.24) is 5.32 Å². The third-order valence-corrected chi connectivity index (χ3v) is 16.9. The zero-order chi connectivity index (χ0) is 46.8. The van der Waals surface area contributed by atoms with Gasteiger partial charge in [-0.15, -0.1) is 0 Å². The first-order valence-electron chi connectivity index (χ1n) is 24.6. The minimum Gasteiger partial charge on any atom is -0.328 e. The highest BCUT2D eigenvalue weighted by atomic mass is 32.2. The predicted octanol–water partition coefficient (Wildman–Crippen LogP) is 15.8. The Morgan fingerprint density at radius 1 is 0.657 bits per heavy atom. The second-order valence-corrected chi connectivity index (χ2v) is 20.7. The number of benzene rings is 7. The number of rotatable bonds is 8. The van der Waals surface area contributed by atoms with Crippen LogP contribution in [0.3, 0.4) is 0 Å². The van der Waals surface area contributed by atoms with Crippen LogP contribution in [0.1, 0.15) is 66.6 Å². The second kappa shape index (κ2) is 17.0. The van der Waals surface area contributed by atoms with Gasteiger partial charge in [-0.05, 0) is 93.3 Å². The molecule has 0 amide bonds. The number of amidine groups is 2. The molecule has 7 aromatic carbocycles. The van der Waals surface area contributed by atoms with Crippen LogP contribution in [0.25, 0.3) is 27.8 Å². The van der Waals surface area contributed by atoms with Crippen LogP contribution < -0.4 is 10.2 Å². The molecule has 5 heteroatoms. The van der Waals surface area contributed by atoms with Crippen LogP contribution in [0.2, 0.25) is 0 Å². The first kappa shape index (κ1) is 42.4. The number of hydrogen-bond donors (Lipinski definition) is 1. The molecule has 0 saturated carbocycles. The Hall–Kier alpha value is -7.73. The zero-order valence-corrected chi connectivity index (χ0v) is 40.2. The maximum atomic E-state index is 5.68. The van der Waals surface area contributed by atoms with Gasteiger partial charge in [-0.25, -0.2) is 9.98 Å². The molecule has 5 atom stereocenters. The number of thioether (sulfide) groups is 1. The lowest BCUT2D eigenvalue weighted by atomic mass is 9.66. The summed E-state index contributed by atoms with van der Waals surface area (Å²) >= 11 is 2.00. The van der Waals surface area contributed by atoms with Crippen molar-refractivity contribution in [2.75, 3.05) is 4.90 Å². The molecule has 7 aromatic rings. The highest BCUT2D eigenvalue weighted by Crippen LogP contribution is 2.64. The van der Waals surface area contributed by atoms with Crippen molar-refractivity contribution >= 4 is 34.7 Å². The Morgan fingerprint density at radius 2 is 1.29 bits per heavy atom. The molecule has 6 aliphatic rings. The van der Waals surface area contributed by atoms with Crippen LogP contribution in [0.15, 0.2) is 267 Å². The van der Waals surface area contributed by atoms with Crippen molar-refractivity contribution < 1.29 is 0 Å². The van der Waals surface area contributed by atoms with Gasteiger partial charge < -0.3 is 10.2 Å². The fourth-order valence-electron chi connectivity index (χ4n) is 11.9. The van der Waals surface area contributed by atoms with Gasteiger partial charge in [0.05, 0.1) is 5.41 Å². The van der Waals surface area contributed by atoms with E-state index < -0.39 is 11.6 Å². The van der Waals surface area contributed by atoms with Gasteiger partial charge in [0.15, 0.2) is 6.17 Å². The zero-order valence-electron chi connectivity index (χ0n) is 39.3. The first-order valence-corrected chi connectivity index (χ1v) is 25.4. The quantitative estimate of drug-likeness (QED) is 0.165. The van der Waals surface area contributed by atoms with Gasteiger partial charge in [0.2, 0.25) is 0 Å². The molecule has 0 radical (unpaired) electrons. The summed E-state index contributed by atoms with van der Waals surface area (Å²) in [6.07, 6.45) is 18.4. The van der Waals surface area contributed by atoms with Gasteiger partial charge in [0, 0.05) is 56.1 Å². The largest absolute Gasteiger partial charge is 0.328 e. The summed E-state index contributed by atoms with van der Waals surface area (Å²) in [7, 11) is 0. The van der Waals surface area contributed by atoms with E-state index in [9.17, 15) is 0 Å². The Labute approximate surface area is 415 Å². The number of allylic oxidation sites excluding steroid dienone is 10. The van der Waals surface area contributed by atoms with Gasteiger partial charge in [-0.3, -0.25) is 0 Å². The molecule has 1 N–H and O–H groups in total. The molecule has 3 heterocycles. The second-order valence-electron chi connectivity index (χ2n) is 19.6. The molecule has 0 saturated heterocycles. The Kier molecular flexibility index (Phi) is 10.3. The van der Waals surface area contributed by atoms with Crippen LogP contribution in [-0.2, 0) is 5.41 Å². The minimum atomic E-state index is -0.665. The van der Waals surface area contributed by atoms with Crippen molar-refractivity contribution in [3.63, 3.8) is 0 Å². The topological polar surface area (TPSA) is 40.0 Å². The average molecular weight is 921 g/mol. The molecule has 4 nitrogen and oxygen atoms in total. The molecular weight excluding hydrogens is 869 g/mol. The molecule has 70 heavy (non-hydrogen) atoms. The van der Waals surface area contributed by atoms with Crippen molar-refractivity contribution in [3.05, 3.63) is 280 Å². The van der Waals surface area contributed by atoms with Gasteiger partial charge in [-0.2, -0.15) is 0 Å². The molecule has 0 bridgehead atoms. The van der Waals surface area contributed by atoms with Gasteiger partial charge in [-0.1, -0.05) is 225 Å². The van der Waals surface area contributed by atoms with E-state index in [1.807, 2.05) is 11.8 Å². The lowest BCUT2D eigenvalue weighted by Crippen LogP contribution is -2.47. The van der Waals surface area contributed by atoms with E-state index in [4.69, 9.17) is 9.98 Å². The molecule has 0 spiro atoms. The summed E-state index contributed by atoms with van der Waals surface area (Å²) in [5.74, 6) is 1.99. The lowest BCUT2D eigenvalue weighted by Gasteiger charge is -2.41. The molecule has 0 aromatic heterocycles. The normalized spacial score (nSPS) is 24.0. The predicted molar refractivity (Wildman–Crippen MR) is 292 cm³/mol. The number of hydrogen-bond acceptors (Lipinski definition) is 5. The number of aliphatic imine (C=N–C) groups is 2. The van der Waals surface area contributed by atoms with Gasteiger partial charge in [0.25, 0.3) is 0 Å². The molecule has 0 fully saturated rings. The van der Waals surface area contributed by atoms with Gasteiger partial charge >= 0.3 is 0 Å². The summed E-state index contributed by atoms with van der Waals surface area (Å²) in [5.41, 5.74) is 16.6. The third kappa shape index (κ3) is 6.97. The van der Waals surface area contributed by atoms with E-state index in [1.165, 1.54) is 71.4 Å². The highest BCUT2D eigenvalue weighted by Gasteiger charge is 2.51.